The second-order valence-corrected chi connectivity index (χ2v) is 4.68. The van der Waals surface area contributed by atoms with Gasteiger partial charge in [-0.3, -0.25) is 9.59 Å². The minimum Gasteiger partial charge on any atom is -0.370 e. The van der Waals surface area contributed by atoms with Gasteiger partial charge in [-0.05, 0) is 6.42 Å². The number of hydrogen-bond acceptors (Lipinski definition) is 2. The Hall–Kier alpha value is -1.06. The minimum absolute atomic E-state index is 0.0885. The lowest BCUT2D eigenvalue weighted by Gasteiger charge is -2.10. The van der Waals surface area contributed by atoms with E-state index in [0.717, 1.165) is 12.8 Å². The lowest BCUT2D eigenvalue weighted by atomic mass is 9.96. The summed E-state index contributed by atoms with van der Waals surface area (Å²) in [4.78, 5) is 21.8. The highest BCUT2D eigenvalue weighted by Gasteiger charge is 2.17. The van der Waals surface area contributed by atoms with Crippen LogP contribution in [0.25, 0.3) is 0 Å². The summed E-state index contributed by atoms with van der Waals surface area (Å²) in [5, 5.41) is 0. The fourth-order valence-electron chi connectivity index (χ4n) is 1.94. The van der Waals surface area contributed by atoms with Gasteiger partial charge in [0.25, 0.3) is 0 Å². The van der Waals surface area contributed by atoms with Crippen LogP contribution in [0.1, 0.15) is 64.7 Å². The first-order valence-corrected chi connectivity index (χ1v) is 6.65. The number of primary amides is 2. The van der Waals surface area contributed by atoms with E-state index in [1.165, 1.54) is 32.1 Å². The molecule has 0 bridgehead atoms. The number of nitrogens with two attached hydrogens (primary N) is 2. The SMILES string of the molecule is CCCCCCCCCC(CC(N)=O)C(N)=O. The molecule has 0 aliphatic heterocycles. The van der Waals surface area contributed by atoms with Crippen LogP contribution in [0.5, 0.6) is 0 Å². The monoisotopic (exact) mass is 242 g/mol. The Kier molecular flexibility index (Phi) is 9.49. The topological polar surface area (TPSA) is 86.2 Å². The van der Waals surface area contributed by atoms with Gasteiger partial charge in [0, 0.05) is 12.3 Å². The fourth-order valence-corrected chi connectivity index (χ4v) is 1.94. The van der Waals surface area contributed by atoms with E-state index in [1.54, 1.807) is 0 Å². The van der Waals surface area contributed by atoms with Crippen LogP contribution in [0.15, 0.2) is 0 Å². The van der Waals surface area contributed by atoms with Crippen LogP contribution >= 0.6 is 0 Å². The second kappa shape index (κ2) is 10.1. The smallest absolute Gasteiger partial charge is 0.221 e. The Bertz CT molecular complexity index is 229. The van der Waals surface area contributed by atoms with Gasteiger partial charge < -0.3 is 11.5 Å². The van der Waals surface area contributed by atoms with Gasteiger partial charge in [-0.2, -0.15) is 0 Å². The van der Waals surface area contributed by atoms with Gasteiger partial charge in [-0.25, -0.2) is 0 Å². The van der Waals surface area contributed by atoms with E-state index in [0.29, 0.717) is 6.42 Å². The molecule has 0 heterocycles. The molecule has 0 aromatic heterocycles. The Morgan fingerprint density at radius 3 is 1.94 bits per heavy atom. The number of unbranched alkanes of at least 4 members (excludes halogenated alkanes) is 6. The molecule has 0 fully saturated rings. The molecule has 0 radical (unpaired) electrons. The number of carbonyl (C=O) groups is 2. The van der Waals surface area contributed by atoms with Gasteiger partial charge in [-0.15, -0.1) is 0 Å². The van der Waals surface area contributed by atoms with E-state index < -0.39 is 11.8 Å². The third-order valence-corrected chi connectivity index (χ3v) is 3.01. The molecule has 0 spiro atoms. The summed E-state index contributed by atoms with van der Waals surface area (Å²) in [7, 11) is 0. The fraction of sp³-hybridized carbons (Fsp3) is 0.846. The average Bonchev–Trinajstić information content (AvgIpc) is 2.25. The van der Waals surface area contributed by atoms with Crippen molar-refractivity contribution < 1.29 is 9.59 Å². The summed E-state index contributed by atoms with van der Waals surface area (Å²) < 4.78 is 0. The molecule has 4 N–H and O–H groups in total. The number of amides is 2. The van der Waals surface area contributed by atoms with Crippen LogP contribution in [0.4, 0.5) is 0 Å². The van der Waals surface area contributed by atoms with Gasteiger partial charge >= 0.3 is 0 Å². The van der Waals surface area contributed by atoms with Crippen molar-refractivity contribution in [1.29, 1.82) is 0 Å². The molecular weight excluding hydrogens is 216 g/mol. The molecule has 0 aromatic rings. The standard InChI is InChI=1S/C13H26N2O2/c1-2-3-4-5-6-7-8-9-11(13(15)17)10-12(14)16/h11H,2-10H2,1H3,(H2,14,16)(H2,15,17). The quantitative estimate of drug-likeness (QED) is 0.544. The Morgan fingerprint density at radius 2 is 1.47 bits per heavy atom. The summed E-state index contributed by atoms with van der Waals surface area (Å²) in [5.74, 6) is -1.23. The summed E-state index contributed by atoms with van der Waals surface area (Å²) in [5.41, 5.74) is 10.3. The number of hydrogen-bond donors (Lipinski definition) is 2. The molecule has 4 nitrogen and oxygen atoms in total. The zero-order valence-electron chi connectivity index (χ0n) is 10.9. The minimum atomic E-state index is -0.447. The Morgan fingerprint density at radius 1 is 0.941 bits per heavy atom. The lowest BCUT2D eigenvalue weighted by Crippen LogP contribution is -2.28. The van der Waals surface area contributed by atoms with Crippen molar-refractivity contribution in [2.24, 2.45) is 17.4 Å². The molecule has 4 heteroatoms. The maximum Gasteiger partial charge on any atom is 0.221 e. The van der Waals surface area contributed by atoms with Gasteiger partial charge in [0.05, 0.1) is 0 Å². The highest BCUT2D eigenvalue weighted by molar-refractivity contribution is 5.83. The summed E-state index contributed by atoms with van der Waals surface area (Å²) in [6.45, 7) is 2.20. The second-order valence-electron chi connectivity index (χ2n) is 4.68. The van der Waals surface area contributed by atoms with E-state index in [2.05, 4.69) is 6.92 Å². The van der Waals surface area contributed by atoms with E-state index in [1.807, 2.05) is 0 Å². The van der Waals surface area contributed by atoms with Crippen LogP contribution in [0.3, 0.4) is 0 Å². The highest BCUT2D eigenvalue weighted by atomic mass is 16.2. The molecule has 0 aliphatic carbocycles. The molecule has 17 heavy (non-hydrogen) atoms. The Labute approximate surface area is 104 Å². The molecule has 1 unspecified atom stereocenters. The van der Waals surface area contributed by atoms with E-state index >= 15 is 0 Å². The predicted molar refractivity (Wildman–Crippen MR) is 69.1 cm³/mol. The lowest BCUT2D eigenvalue weighted by molar-refractivity contribution is -0.127. The normalized spacial score (nSPS) is 12.3. The molecule has 0 aliphatic rings. The molecule has 100 valence electrons. The first-order chi connectivity index (χ1) is 8.07. The first-order valence-electron chi connectivity index (χ1n) is 6.65. The Balaban J connectivity index is 3.55. The number of rotatable bonds is 11. The third kappa shape index (κ3) is 9.85. The predicted octanol–water partition coefficient (Wildman–Crippen LogP) is 2.10. The van der Waals surface area contributed by atoms with E-state index in [9.17, 15) is 9.59 Å². The molecule has 0 aromatic carbocycles. The molecule has 1 atom stereocenters. The zero-order valence-corrected chi connectivity index (χ0v) is 10.9. The van der Waals surface area contributed by atoms with Crippen LogP contribution in [0, 0.1) is 5.92 Å². The van der Waals surface area contributed by atoms with Crippen molar-refractivity contribution in [3.05, 3.63) is 0 Å². The molecule has 0 saturated carbocycles. The van der Waals surface area contributed by atoms with Crippen molar-refractivity contribution in [3.63, 3.8) is 0 Å². The van der Waals surface area contributed by atoms with Gasteiger partial charge in [0.1, 0.15) is 0 Å². The summed E-state index contributed by atoms with van der Waals surface area (Å²) in [6.07, 6.45) is 9.12. The first kappa shape index (κ1) is 15.9. The van der Waals surface area contributed by atoms with Crippen LogP contribution in [-0.4, -0.2) is 11.8 Å². The summed E-state index contributed by atoms with van der Waals surface area (Å²) >= 11 is 0. The van der Waals surface area contributed by atoms with Crippen molar-refractivity contribution in [1.82, 2.24) is 0 Å². The number of carbonyl (C=O) groups excluding carboxylic acids is 2. The van der Waals surface area contributed by atoms with Crippen LogP contribution in [-0.2, 0) is 9.59 Å². The zero-order chi connectivity index (χ0) is 13.1. The maximum atomic E-state index is 11.1. The van der Waals surface area contributed by atoms with Gasteiger partial charge in [-0.1, -0.05) is 51.9 Å². The highest BCUT2D eigenvalue weighted by Crippen LogP contribution is 2.15. The van der Waals surface area contributed by atoms with Crippen molar-refractivity contribution >= 4 is 11.8 Å². The largest absolute Gasteiger partial charge is 0.370 e. The van der Waals surface area contributed by atoms with Crippen LogP contribution < -0.4 is 11.5 Å². The maximum absolute atomic E-state index is 11.1. The molecule has 2 amide bonds. The van der Waals surface area contributed by atoms with Gasteiger partial charge in [0.2, 0.25) is 11.8 Å². The van der Waals surface area contributed by atoms with Crippen molar-refractivity contribution in [2.45, 2.75) is 64.7 Å². The summed E-state index contributed by atoms with van der Waals surface area (Å²) in [6, 6.07) is 0. The van der Waals surface area contributed by atoms with Crippen LogP contribution in [0.2, 0.25) is 0 Å². The molecule has 0 saturated heterocycles. The van der Waals surface area contributed by atoms with E-state index in [4.69, 9.17) is 11.5 Å². The van der Waals surface area contributed by atoms with E-state index in [-0.39, 0.29) is 12.3 Å². The average molecular weight is 242 g/mol. The van der Waals surface area contributed by atoms with Gasteiger partial charge in [0.15, 0.2) is 0 Å². The molecule has 0 rings (SSSR count). The van der Waals surface area contributed by atoms with Crippen molar-refractivity contribution in [3.8, 4) is 0 Å². The molecular formula is C13H26N2O2. The third-order valence-electron chi connectivity index (χ3n) is 3.01. The van der Waals surface area contributed by atoms with Crippen molar-refractivity contribution in [2.75, 3.05) is 0 Å².